The molecule has 3 aromatic carbocycles. The Labute approximate surface area is 201 Å². The number of imidazole rings is 1. The Balaban J connectivity index is 1.47. The van der Waals surface area contributed by atoms with Crippen LogP contribution in [0.2, 0.25) is 0 Å². The molecule has 0 aliphatic rings. The zero-order valence-electron chi connectivity index (χ0n) is 18.9. The van der Waals surface area contributed by atoms with E-state index in [0.29, 0.717) is 33.4 Å². The van der Waals surface area contributed by atoms with E-state index in [2.05, 4.69) is 15.1 Å². The van der Waals surface area contributed by atoms with Crippen molar-refractivity contribution in [3.63, 3.8) is 0 Å². The molecule has 0 saturated heterocycles. The lowest BCUT2D eigenvalue weighted by atomic mass is 9.98. The molecule has 0 unspecified atom stereocenters. The fraction of sp³-hybridized carbons (Fsp3) is 0.115. The minimum absolute atomic E-state index is 0.130. The molecule has 2 heterocycles. The van der Waals surface area contributed by atoms with Gasteiger partial charge in [0, 0.05) is 29.9 Å². The predicted octanol–water partition coefficient (Wildman–Crippen LogP) is 7.08. The first-order chi connectivity index (χ1) is 17.1. The normalized spacial score (nSPS) is 11.8. The van der Waals surface area contributed by atoms with E-state index in [0.717, 1.165) is 6.20 Å². The van der Waals surface area contributed by atoms with Crippen molar-refractivity contribution in [3.05, 3.63) is 89.8 Å². The molecule has 182 valence electrons. The van der Waals surface area contributed by atoms with Crippen LogP contribution in [0.5, 0.6) is 0 Å². The highest BCUT2D eigenvalue weighted by atomic mass is 19.4. The van der Waals surface area contributed by atoms with Crippen LogP contribution in [0.1, 0.15) is 11.3 Å². The van der Waals surface area contributed by atoms with Gasteiger partial charge in [-0.2, -0.15) is 18.2 Å². The van der Waals surface area contributed by atoms with Gasteiger partial charge in [0.1, 0.15) is 17.5 Å². The Morgan fingerprint density at radius 3 is 2.17 bits per heavy atom. The average molecular weight is 496 g/mol. The van der Waals surface area contributed by atoms with Crippen molar-refractivity contribution in [1.29, 1.82) is 0 Å². The highest BCUT2D eigenvalue weighted by Gasteiger charge is 2.34. The number of aromatic nitrogens is 4. The monoisotopic (exact) mass is 496 g/mol. The van der Waals surface area contributed by atoms with Crippen LogP contribution in [-0.2, 0) is 13.2 Å². The lowest BCUT2D eigenvalue weighted by Gasteiger charge is -2.08. The van der Waals surface area contributed by atoms with Crippen LogP contribution in [0.4, 0.5) is 22.0 Å². The molecule has 0 amide bonds. The maximum absolute atomic E-state index is 14.1. The van der Waals surface area contributed by atoms with E-state index in [1.807, 2.05) is 0 Å². The lowest BCUT2D eigenvalue weighted by molar-refractivity contribution is -0.140. The molecule has 10 heteroatoms. The lowest BCUT2D eigenvalue weighted by Crippen LogP contribution is -2.04. The van der Waals surface area contributed by atoms with Crippen molar-refractivity contribution in [3.8, 4) is 45.4 Å². The molecule has 0 bridgehead atoms. The molecule has 0 aliphatic heterocycles. The number of rotatable bonds is 4. The Bertz CT molecular complexity index is 1570. The van der Waals surface area contributed by atoms with Gasteiger partial charge in [0.15, 0.2) is 5.69 Å². The van der Waals surface area contributed by atoms with E-state index in [1.165, 1.54) is 35.9 Å². The van der Waals surface area contributed by atoms with E-state index in [-0.39, 0.29) is 23.4 Å². The van der Waals surface area contributed by atoms with Gasteiger partial charge in [0.2, 0.25) is 5.82 Å². The highest BCUT2D eigenvalue weighted by molar-refractivity contribution is 5.80. The molecular formula is C26H17F5N4O. The van der Waals surface area contributed by atoms with Crippen molar-refractivity contribution in [2.24, 2.45) is 7.05 Å². The van der Waals surface area contributed by atoms with E-state index < -0.39 is 17.7 Å². The van der Waals surface area contributed by atoms with Gasteiger partial charge in [-0.15, -0.1) is 0 Å². The van der Waals surface area contributed by atoms with Crippen LogP contribution < -0.4 is 0 Å². The average Bonchev–Trinajstić information content (AvgIpc) is 3.48. The number of benzene rings is 3. The van der Waals surface area contributed by atoms with Crippen LogP contribution in [0.25, 0.3) is 45.4 Å². The smallest absolute Gasteiger partial charge is 0.334 e. The van der Waals surface area contributed by atoms with E-state index in [1.54, 1.807) is 43.3 Å². The summed E-state index contributed by atoms with van der Waals surface area (Å²) in [7, 11) is 1.49. The molecule has 0 atom stereocenters. The molecule has 0 spiro atoms. The Hall–Kier alpha value is -4.34. The number of aryl methyl sites for hydroxylation is 2. The zero-order chi connectivity index (χ0) is 25.6. The SMILES string of the molecule is Cc1cc(-c2cc(F)ccc2-c2nc(-c3ccc(-c4nc(C(F)(F)F)cn4C)cc3)no2)ccc1F. The van der Waals surface area contributed by atoms with E-state index in [4.69, 9.17) is 4.52 Å². The van der Waals surface area contributed by atoms with Crippen LogP contribution in [0, 0.1) is 18.6 Å². The van der Waals surface area contributed by atoms with E-state index in [9.17, 15) is 22.0 Å². The van der Waals surface area contributed by atoms with Crippen molar-refractivity contribution in [2.75, 3.05) is 0 Å². The van der Waals surface area contributed by atoms with Crippen LogP contribution in [-0.4, -0.2) is 19.7 Å². The first-order valence-corrected chi connectivity index (χ1v) is 10.7. The summed E-state index contributed by atoms with van der Waals surface area (Å²) in [5.74, 6) is -0.328. The summed E-state index contributed by atoms with van der Waals surface area (Å²) in [6.07, 6.45) is -3.61. The van der Waals surface area contributed by atoms with Gasteiger partial charge in [0.05, 0.1) is 0 Å². The number of hydrogen-bond acceptors (Lipinski definition) is 4. The first-order valence-electron chi connectivity index (χ1n) is 10.7. The number of nitrogens with zero attached hydrogens (tertiary/aromatic N) is 4. The van der Waals surface area contributed by atoms with Gasteiger partial charge in [-0.3, -0.25) is 0 Å². The molecule has 0 fully saturated rings. The van der Waals surface area contributed by atoms with Crippen molar-refractivity contribution in [1.82, 2.24) is 19.7 Å². The molecule has 5 aromatic rings. The molecular weight excluding hydrogens is 479 g/mol. The number of hydrogen-bond donors (Lipinski definition) is 0. The molecule has 5 nitrogen and oxygen atoms in total. The van der Waals surface area contributed by atoms with E-state index >= 15 is 0 Å². The zero-order valence-corrected chi connectivity index (χ0v) is 18.9. The predicted molar refractivity (Wildman–Crippen MR) is 122 cm³/mol. The van der Waals surface area contributed by atoms with Crippen molar-refractivity contribution < 1.29 is 26.5 Å². The summed E-state index contributed by atoms with van der Waals surface area (Å²) < 4.78 is 73.5. The van der Waals surface area contributed by atoms with Gasteiger partial charge < -0.3 is 9.09 Å². The standard InChI is InChI=1S/C26H17F5N4O/c1-14-11-17(7-10-21(14)28)20-12-18(27)8-9-19(20)25-33-23(34-36-25)15-3-5-16(6-4-15)24-32-22(13-35(24)2)26(29,30)31/h3-13H,1-2H3. The minimum Gasteiger partial charge on any atom is -0.334 e. The summed E-state index contributed by atoms with van der Waals surface area (Å²) in [6, 6.07) is 15.0. The largest absolute Gasteiger partial charge is 0.434 e. The van der Waals surface area contributed by atoms with Gasteiger partial charge in [-0.1, -0.05) is 35.5 Å². The third kappa shape index (κ3) is 4.37. The Morgan fingerprint density at radius 2 is 1.50 bits per heavy atom. The molecule has 36 heavy (non-hydrogen) atoms. The summed E-state index contributed by atoms with van der Waals surface area (Å²) in [5.41, 5.74) is 1.97. The Morgan fingerprint density at radius 1 is 0.806 bits per heavy atom. The molecule has 2 aromatic heterocycles. The summed E-state index contributed by atoms with van der Waals surface area (Å²) in [6.45, 7) is 1.61. The topological polar surface area (TPSA) is 56.7 Å². The maximum atomic E-state index is 14.1. The first kappa shape index (κ1) is 23.4. The fourth-order valence-electron chi connectivity index (χ4n) is 3.84. The van der Waals surface area contributed by atoms with Gasteiger partial charge >= 0.3 is 6.18 Å². The minimum atomic E-state index is -4.54. The number of halogens is 5. The van der Waals surface area contributed by atoms with Crippen molar-refractivity contribution >= 4 is 0 Å². The van der Waals surface area contributed by atoms with Gasteiger partial charge in [-0.05, 0) is 53.9 Å². The molecule has 5 rings (SSSR count). The fourth-order valence-corrected chi connectivity index (χ4v) is 3.84. The van der Waals surface area contributed by atoms with Crippen molar-refractivity contribution in [2.45, 2.75) is 13.1 Å². The molecule has 0 N–H and O–H groups in total. The molecule has 0 radical (unpaired) electrons. The summed E-state index contributed by atoms with van der Waals surface area (Å²) >= 11 is 0. The van der Waals surface area contributed by atoms with Crippen LogP contribution in [0.15, 0.2) is 71.4 Å². The van der Waals surface area contributed by atoms with Gasteiger partial charge in [-0.25, -0.2) is 13.8 Å². The van der Waals surface area contributed by atoms with Crippen LogP contribution >= 0.6 is 0 Å². The second-order valence-electron chi connectivity index (χ2n) is 8.21. The Kier molecular flexibility index (Phi) is 5.66. The third-order valence-electron chi connectivity index (χ3n) is 5.68. The second-order valence-corrected chi connectivity index (χ2v) is 8.21. The summed E-state index contributed by atoms with van der Waals surface area (Å²) in [4.78, 5) is 8.11. The maximum Gasteiger partial charge on any atom is 0.434 e. The quantitative estimate of drug-likeness (QED) is 0.250. The molecule has 0 saturated carbocycles. The highest BCUT2D eigenvalue weighted by Crippen LogP contribution is 2.34. The third-order valence-corrected chi connectivity index (χ3v) is 5.68. The number of alkyl halides is 3. The molecule has 0 aliphatic carbocycles. The summed E-state index contributed by atoms with van der Waals surface area (Å²) in [5, 5.41) is 4.00. The van der Waals surface area contributed by atoms with Crippen LogP contribution in [0.3, 0.4) is 0 Å². The van der Waals surface area contributed by atoms with Gasteiger partial charge in [0.25, 0.3) is 5.89 Å². The second kappa shape index (κ2) is 8.71.